The molecule has 0 aromatic heterocycles. The number of hydrogen-bond donors (Lipinski definition) is 0. The van der Waals surface area contributed by atoms with E-state index in [4.69, 9.17) is 9.47 Å². The summed E-state index contributed by atoms with van der Waals surface area (Å²) in [5, 5.41) is 0. The standard InChI is InChI=1S/C23H27F3N2O5/c1-27(2)10-11-28(14-16-6-5-7-18(12-16)23(24,25)26)22(30)17-8-9-19(20(13-17)31-3)33-15-21(29)32-4/h5-9,12-13H,10-11,14-15H2,1-4H3. The summed E-state index contributed by atoms with van der Waals surface area (Å²) in [6, 6.07) is 9.37. The summed E-state index contributed by atoms with van der Waals surface area (Å²) in [7, 11) is 6.30. The summed E-state index contributed by atoms with van der Waals surface area (Å²) in [5.41, 5.74) is -0.140. The SMILES string of the molecule is COC(=O)COc1ccc(C(=O)N(CCN(C)C)Cc2cccc(C(F)(F)F)c2)cc1OC. The fourth-order valence-electron chi connectivity index (χ4n) is 2.94. The van der Waals surface area contributed by atoms with Gasteiger partial charge in [0.2, 0.25) is 0 Å². The molecule has 33 heavy (non-hydrogen) atoms. The average molecular weight is 468 g/mol. The Balaban J connectivity index is 2.28. The van der Waals surface area contributed by atoms with Crippen molar-refractivity contribution >= 4 is 11.9 Å². The molecular weight excluding hydrogens is 441 g/mol. The number of likely N-dealkylation sites (N-methyl/N-ethyl adjacent to an activating group) is 1. The molecule has 10 heteroatoms. The molecule has 0 atom stereocenters. The third-order valence-corrected chi connectivity index (χ3v) is 4.72. The highest BCUT2D eigenvalue weighted by Gasteiger charge is 2.30. The first-order valence-electron chi connectivity index (χ1n) is 10.0. The maximum atomic E-state index is 13.3. The number of halogens is 3. The van der Waals surface area contributed by atoms with Crippen molar-refractivity contribution < 1.29 is 37.0 Å². The van der Waals surface area contributed by atoms with Gasteiger partial charge in [0.1, 0.15) is 0 Å². The maximum Gasteiger partial charge on any atom is 0.416 e. The fourth-order valence-corrected chi connectivity index (χ4v) is 2.94. The number of hydrogen-bond acceptors (Lipinski definition) is 6. The Kier molecular flexibility index (Phi) is 9.10. The Bertz CT molecular complexity index is 963. The Hall–Kier alpha value is -3.27. The van der Waals surface area contributed by atoms with Gasteiger partial charge in [-0.25, -0.2) is 4.79 Å². The minimum atomic E-state index is -4.47. The third kappa shape index (κ3) is 7.67. The van der Waals surface area contributed by atoms with Crippen LogP contribution in [0.2, 0.25) is 0 Å². The molecule has 0 spiro atoms. The summed E-state index contributed by atoms with van der Waals surface area (Å²) in [4.78, 5) is 27.9. The van der Waals surface area contributed by atoms with Crippen molar-refractivity contribution in [2.45, 2.75) is 12.7 Å². The molecule has 0 aliphatic heterocycles. The number of alkyl halides is 3. The van der Waals surface area contributed by atoms with E-state index in [9.17, 15) is 22.8 Å². The quantitative estimate of drug-likeness (QED) is 0.498. The molecule has 2 aromatic rings. The monoisotopic (exact) mass is 468 g/mol. The first kappa shape index (κ1) is 26.0. The molecule has 0 radical (unpaired) electrons. The van der Waals surface area contributed by atoms with E-state index < -0.39 is 17.7 Å². The first-order valence-corrected chi connectivity index (χ1v) is 10.0. The van der Waals surface area contributed by atoms with Crippen molar-refractivity contribution in [2.24, 2.45) is 0 Å². The summed E-state index contributed by atoms with van der Waals surface area (Å²) in [6.45, 7) is 0.483. The van der Waals surface area contributed by atoms with E-state index in [-0.39, 0.29) is 36.1 Å². The molecule has 2 aromatic carbocycles. The lowest BCUT2D eigenvalue weighted by molar-refractivity contribution is -0.143. The molecule has 0 N–H and O–H groups in total. The predicted octanol–water partition coefficient (Wildman–Crippen LogP) is 3.47. The molecule has 0 fully saturated rings. The first-order chi connectivity index (χ1) is 15.5. The minimum Gasteiger partial charge on any atom is -0.493 e. The molecule has 1 amide bonds. The summed E-state index contributed by atoms with van der Waals surface area (Å²) in [6.07, 6.45) is -4.47. The van der Waals surface area contributed by atoms with E-state index in [1.807, 2.05) is 19.0 Å². The number of methoxy groups -OCH3 is 2. The second kappa shape index (κ2) is 11.6. The van der Waals surface area contributed by atoms with Crippen LogP contribution in [0.15, 0.2) is 42.5 Å². The number of rotatable bonds is 10. The van der Waals surface area contributed by atoms with Crippen molar-refractivity contribution in [3.05, 3.63) is 59.2 Å². The van der Waals surface area contributed by atoms with Crippen molar-refractivity contribution in [3.63, 3.8) is 0 Å². The molecule has 0 aliphatic carbocycles. The van der Waals surface area contributed by atoms with E-state index in [0.717, 1.165) is 12.1 Å². The van der Waals surface area contributed by atoms with Gasteiger partial charge < -0.3 is 24.0 Å². The Morgan fingerprint density at radius 3 is 2.30 bits per heavy atom. The van der Waals surface area contributed by atoms with Crippen molar-refractivity contribution in [2.75, 3.05) is 48.0 Å². The van der Waals surface area contributed by atoms with E-state index in [1.54, 1.807) is 6.07 Å². The van der Waals surface area contributed by atoms with Crippen LogP contribution in [0, 0.1) is 0 Å². The number of amides is 1. The number of esters is 1. The minimum absolute atomic E-state index is 0.000495. The number of carbonyl (C=O) groups excluding carboxylic acids is 2. The second-order valence-electron chi connectivity index (χ2n) is 7.46. The van der Waals surface area contributed by atoms with Crippen LogP contribution in [0.5, 0.6) is 11.5 Å². The van der Waals surface area contributed by atoms with Gasteiger partial charge in [0.15, 0.2) is 18.1 Å². The van der Waals surface area contributed by atoms with E-state index >= 15 is 0 Å². The zero-order valence-corrected chi connectivity index (χ0v) is 18.9. The number of ether oxygens (including phenoxy) is 3. The molecule has 2 rings (SSSR count). The van der Waals surface area contributed by atoms with Gasteiger partial charge in [0, 0.05) is 25.2 Å². The van der Waals surface area contributed by atoms with Gasteiger partial charge in [0.25, 0.3) is 5.91 Å². The maximum absolute atomic E-state index is 13.3. The van der Waals surface area contributed by atoms with Gasteiger partial charge in [-0.15, -0.1) is 0 Å². The molecule has 0 saturated carbocycles. The van der Waals surface area contributed by atoms with Gasteiger partial charge in [-0.1, -0.05) is 12.1 Å². The lowest BCUT2D eigenvalue weighted by atomic mass is 10.1. The van der Waals surface area contributed by atoms with Crippen LogP contribution < -0.4 is 9.47 Å². The van der Waals surface area contributed by atoms with Crippen molar-refractivity contribution in [1.29, 1.82) is 0 Å². The predicted molar refractivity (Wildman–Crippen MR) is 115 cm³/mol. The van der Waals surface area contributed by atoms with Crippen molar-refractivity contribution in [3.8, 4) is 11.5 Å². The highest BCUT2D eigenvalue weighted by atomic mass is 19.4. The lowest BCUT2D eigenvalue weighted by Crippen LogP contribution is -2.36. The summed E-state index contributed by atoms with van der Waals surface area (Å²) >= 11 is 0. The van der Waals surface area contributed by atoms with Crippen molar-refractivity contribution in [1.82, 2.24) is 9.80 Å². The highest BCUT2D eigenvalue weighted by Crippen LogP contribution is 2.31. The van der Waals surface area contributed by atoms with Crippen LogP contribution in [0.4, 0.5) is 13.2 Å². The zero-order chi connectivity index (χ0) is 24.6. The van der Waals surface area contributed by atoms with Crippen LogP contribution in [0.25, 0.3) is 0 Å². The van der Waals surface area contributed by atoms with Crippen LogP contribution in [-0.4, -0.2) is 69.7 Å². The van der Waals surface area contributed by atoms with Crippen LogP contribution in [0.3, 0.4) is 0 Å². The Morgan fingerprint density at radius 2 is 1.70 bits per heavy atom. The van der Waals surface area contributed by atoms with Gasteiger partial charge in [-0.3, -0.25) is 4.79 Å². The zero-order valence-electron chi connectivity index (χ0n) is 18.9. The van der Waals surface area contributed by atoms with E-state index in [0.29, 0.717) is 18.7 Å². The topological polar surface area (TPSA) is 68.3 Å². The lowest BCUT2D eigenvalue weighted by Gasteiger charge is -2.25. The average Bonchev–Trinajstić information content (AvgIpc) is 2.79. The van der Waals surface area contributed by atoms with Crippen LogP contribution in [-0.2, 0) is 22.3 Å². The molecule has 180 valence electrons. The number of nitrogens with zero attached hydrogens (tertiary/aromatic N) is 2. The normalized spacial score (nSPS) is 11.3. The third-order valence-electron chi connectivity index (χ3n) is 4.72. The van der Waals surface area contributed by atoms with Gasteiger partial charge >= 0.3 is 12.1 Å². The largest absolute Gasteiger partial charge is 0.493 e. The smallest absolute Gasteiger partial charge is 0.416 e. The van der Waals surface area contributed by atoms with Gasteiger partial charge in [-0.05, 0) is 50.0 Å². The second-order valence-corrected chi connectivity index (χ2v) is 7.46. The van der Waals surface area contributed by atoms with E-state index in [2.05, 4.69) is 4.74 Å². The molecule has 0 aliphatic rings. The van der Waals surface area contributed by atoms with E-state index in [1.165, 1.54) is 43.4 Å². The number of carbonyl (C=O) groups is 2. The van der Waals surface area contributed by atoms with Crippen LogP contribution >= 0.6 is 0 Å². The molecular formula is C23H27F3N2O5. The molecule has 0 bridgehead atoms. The number of benzene rings is 2. The molecule has 7 nitrogen and oxygen atoms in total. The van der Waals surface area contributed by atoms with Gasteiger partial charge in [0.05, 0.1) is 19.8 Å². The molecule has 0 heterocycles. The highest BCUT2D eigenvalue weighted by molar-refractivity contribution is 5.95. The summed E-state index contributed by atoms with van der Waals surface area (Å²) < 4.78 is 54.5. The van der Waals surface area contributed by atoms with Gasteiger partial charge in [-0.2, -0.15) is 13.2 Å². The molecule has 0 saturated heterocycles. The summed E-state index contributed by atoms with van der Waals surface area (Å²) in [5.74, 6) is -0.478. The Morgan fingerprint density at radius 1 is 0.970 bits per heavy atom. The fraction of sp³-hybridized carbons (Fsp3) is 0.391. The van der Waals surface area contributed by atoms with Crippen LogP contribution in [0.1, 0.15) is 21.5 Å². The molecule has 0 unspecified atom stereocenters. The Labute approximate surface area is 190 Å².